The van der Waals surface area contributed by atoms with E-state index in [1.807, 2.05) is 84.9 Å². The monoisotopic (exact) mass is 635 g/mol. The topological polar surface area (TPSA) is 170 Å². The minimum Gasteiger partial charge on any atom is -0.383 e. The quantitative estimate of drug-likeness (QED) is 0.117. The number of halogens is 2. The number of pyridine rings is 4. The smallest absolute Gasteiger partial charge is 0.383 e. The van der Waals surface area contributed by atoms with Crippen LogP contribution >= 0.6 is 23.2 Å². The van der Waals surface area contributed by atoms with E-state index < -0.39 is 5.09 Å². The molecule has 2 aromatic carbocycles. The second-order valence-electron chi connectivity index (χ2n) is 8.11. The Morgan fingerprint density at radius 1 is 0.585 bits per heavy atom. The molecule has 0 aliphatic carbocycles. The van der Waals surface area contributed by atoms with E-state index in [0.29, 0.717) is 21.7 Å². The van der Waals surface area contributed by atoms with E-state index in [1.54, 1.807) is 12.4 Å². The third-order valence-corrected chi connectivity index (χ3v) is 6.22. The molecular formula is C28H20Cl2CuN7O3. The van der Waals surface area contributed by atoms with Gasteiger partial charge in [-0.15, -0.1) is 0 Å². The molecule has 6 aromatic rings. The molecule has 0 spiro atoms. The maximum atomic E-state index is 8.25. The molecule has 0 saturated heterocycles. The van der Waals surface area contributed by atoms with E-state index in [1.165, 1.54) is 0 Å². The first-order valence-electron chi connectivity index (χ1n) is 11.6. The van der Waals surface area contributed by atoms with Crippen molar-refractivity contribution in [2.45, 2.75) is 0 Å². The van der Waals surface area contributed by atoms with Crippen LogP contribution in [0.15, 0.2) is 97.3 Å². The molecule has 0 fully saturated rings. The number of nitrogens with zero attached hydrogens (tertiary/aromatic N) is 5. The molecule has 4 aromatic heterocycles. The molecule has 4 heterocycles. The predicted octanol–water partition coefficient (Wildman–Crippen LogP) is 6.82. The number of rotatable bonds is 2. The van der Waals surface area contributed by atoms with Gasteiger partial charge in [-0.2, -0.15) is 0 Å². The standard InChI is InChI=1S/2C14H10ClN3.Cu.NO3/c2*15-11-5-3-4-9-10(11)8-13(18-14(9)16)12-6-1-2-7-17-12;;2-1(3)4/h2*1-8H,(H2,16,18);;/q;;+1;-1. The Morgan fingerprint density at radius 3 is 1.32 bits per heavy atom. The molecular weight excluding hydrogens is 617 g/mol. The molecule has 0 amide bonds. The zero-order chi connectivity index (χ0) is 28.6. The first-order valence-corrected chi connectivity index (χ1v) is 12.3. The Hall–Kier alpha value is -4.54. The average molecular weight is 637 g/mol. The number of anilines is 2. The molecule has 0 radical (unpaired) electrons. The fraction of sp³-hybridized carbons (Fsp3) is 0. The van der Waals surface area contributed by atoms with Gasteiger partial charge in [0.1, 0.15) is 11.6 Å². The van der Waals surface area contributed by atoms with E-state index in [2.05, 4.69) is 19.9 Å². The van der Waals surface area contributed by atoms with E-state index >= 15 is 0 Å². The van der Waals surface area contributed by atoms with E-state index in [9.17, 15) is 0 Å². The van der Waals surface area contributed by atoms with E-state index in [4.69, 9.17) is 50.0 Å². The van der Waals surface area contributed by atoms with Crippen molar-refractivity contribution in [1.29, 1.82) is 0 Å². The van der Waals surface area contributed by atoms with Crippen LogP contribution in [0.3, 0.4) is 0 Å². The number of fused-ring (bicyclic) bond motifs is 2. The van der Waals surface area contributed by atoms with Crippen LogP contribution in [0.2, 0.25) is 10.0 Å². The summed E-state index contributed by atoms with van der Waals surface area (Å²) in [5, 5.41) is 19.6. The van der Waals surface area contributed by atoms with Gasteiger partial charge >= 0.3 is 17.1 Å². The number of aromatic nitrogens is 4. The maximum absolute atomic E-state index is 8.25. The van der Waals surface area contributed by atoms with Crippen LogP contribution in [0, 0.1) is 15.3 Å². The Balaban J connectivity index is 0.000000196. The Bertz CT molecular complexity index is 1670. The summed E-state index contributed by atoms with van der Waals surface area (Å²) in [5.74, 6) is 0.936. The number of nitrogens with two attached hydrogens (primary N) is 2. The first-order chi connectivity index (χ1) is 19.2. The number of hydrogen-bond acceptors (Lipinski definition) is 9. The summed E-state index contributed by atoms with van der Waals surface area (Å²) < 4.78 is 0. The fourth-order valence-corrected chi connectivity index (χ4v) is 4.28. The van der Waals surface area contributed by atoms with Gasteiger partial charge in [-0.1, -0.05) is 59.6 Å². The molecule has 41 heavy (non-hydrogen) atoms. The van der Waals surface area contributed by atoms with Crippen molar-refractivity contribution >= 4 is 56.4 Å². The zero-order valence-corrected chi connectivity index (χ0v) is 23.4. The van der Waals surface area contributed by atoms with Crippen molar-refractivity contribution in [3.63, 3.8) is 0 Å². The Kier molecular flexibility index (Phi) is 10.7. The van der Waals surface area contributed by atoms with Crippen LogP contribution in [-0.4, -0.2) is 25.0 Å². The summed E-state index contributed by atoms with van der Waals surface area (Å²) in [4.78, 5) is 25.5. The van der Waals surface area contributed by atoms with E-state index in [0.717, 1.165) is 44.3 Å². The van der Waals surface area contributed by atoms with E-state index in [-0.39, 0.29) is 17.1 Å². The van der Waals surface area contributed by atoms with Gasteiger partial charge in [0.05, 0.1) is 27.9 Å². The molecule has 0 unspecified atom stereocenters. The predicted molar refractivity (Wildman–Crippen MR) is 159 cm³/mol. The second-order valence-corrected chi connectivity index (χ2v) is 8.92. The molecule has 10 nitrogen and oxygen atoms in total. The fourth-order valence-electron chi connectivity index (χ4n) is 3.82. The first kappa shape index (κ1) is 31.0. The largest absolute Gasteiger partial charge is 1.00 e. The van der Waals surface area contributed by atoms with Gasteiger partial charge in [0.2, 0.25) is 0 Å². The van der Waals surface area contributed by atoms with Crippen molar-refractivity contribution in [1.82, 2.24) is 19.9 Å². The van der Waals surface area contributed by atoms with Crippen LogP contribution in [0.4, 0.5) is 11.6 Å². The summed E-state index contributed by atoms with van der Waals surface area (Å²) in [6.45, 7) is 0. The zero-order valence-electron chi connectivity index (χ0n) is 20.9. The normalized spacial score (nSPS) is 10.0. The minimum atomic E-state index is -1.75. The SMILES string of the molecule is Nc1nc(-c2ccccn2)cc2c(Cl)cccc12.Nc1nc(-c2ccccn2)cc2c(Cl)cccc12.O=[N+]([O-])[O-].[Cu+]. The van der Waals surface area contributed by atoms with Gasteiger partial charge in [-0.05, 0) is 48.5 Å². The Morgan fingerprint density at radius 2 is 0.976 bits per heavy atom. The van der Waals surface area contributed by atoms with Gasteiger partial charge < -0.3 is 26.8 Å². The number of hydrogen-bond donors (Lipinski definition) is 2. The molecule has 13 heteroatoms. The van der Waals surface area contributed by atoms with Gasteiger partial charge in [0.25, 0.3) is 0 Å². The maximum Gasteiger partial charge on any atom is 1.00 e. The molecule has 6 rings (SSSR count). The second kappa shape index (κ2) is 14.2. The van der Waals surface area contributed by atoms with Crippen LogP contribution in [0.1, 0.15) is 0 Å². The molecule has 0 aliphatic heterocycles. The van der Waals surface area contributed by atoms with Crippen LogP contribution in [0.5, 0.6) is 0 Å². The van der Waals surface area contributed by atoms with Gasteiger partial charge in [0, 0.05) is 44.0 Å². The van der Waals surface area contributed by atoms with Crippen molar-refractivity contribution < 1.29 is 22.2 Å². The molecule has 4 N–H and O–H groups in total. The van der Waals surface area contributed by atoms with Crippen molar-refractivity contribution in [2.24, 2.45) is 0 Å². The number of nitrogen functional groups attached to an aromatic ring is 2. The van der Waals surface area contributed by atoms with Gasteiger partial charge in [-0.25, -0.2) is 9.97 Å². The molecule has 0 atom stereocenters. The van der Waals surface area contributed by atoms with Crippen LogP contribution in [0.25, 0.3) is 44.3 Å². The summed E-state index contributed by atoms with van der Waals surface area (Å²) in [5.41, 5.74) is 15.0. The third-order valence-electron chi connectivity index (χ3n) is 5.56. The van der Waals surface area contributed by atoms with Gasteiger partial charge in [0.15, 0.2) is 0 Å². The summed E-state index contributed by atoms with van der Waals surface area (Å²) in [7, 11) is 0. The van der Waals surface area contributed by atoms with Crippen LogP contribution in [-0.2, 0) is 17.1 Å². The van der Waals surface area contributed by atoms with Gasteiger partial charge in [-0.3, -0.25) is 9.97 Å². The molecule has 210 valence electrons. The molecule has 0 aliphatic rings. The minimum absolute atomic E-state index is 0. The summed E-state index contributed by atoms with van der Waals surface area (Å²) in [6.07, 6.45) is 3.45. The Labute approximate surface area is 254 Å². The van der Waals surface area contributed by atoms with Crippen molar-refractivity contribution in [3.8, 4) is 22.8 Å². The van der Waals surface area contributed by atoms with Crippen molar-refractivity contribution in [3.05, 3.63) is 123 Å². The van der Waals surface area contributed by atoms with Crippen LogP contribution < -0.4 is 11.5 Å². The summed E-state index contributed by atoms with van der Waals surface area (Å²) in [6, 6.07) is 26.4. The molecule has 0 saturated carbocycles. The van der Waals surface area contributed by atoms with Crippen molar-refractivity contribution in [2.75, 3.05) is 11.5 Å². The number of benzene rings is 2. The molecule has 0 bridgehead atoms. The third kappa shape index (κ3) is 7.77. The average Bonchev–Trinajstić information content (AvgIpc) is 2.95. The summed E-state index contributed by atoms with van der Waals surface area (Å²) >= 11 is 12.4.